The molecule has 116 valence electrons. The standard InChI is InChI=1S/C14H27N3O3/c1-3-5-12(13(18)19)16-14(20)15-11-6-9-17(8-4-2)10-7-11/h11-12H,3-10H2,1-2H3,(H,18,19)(H2,15,16,20)/t12-/m1/s1. The normalized spacial score (nSPS) is 18.5. The number of nitrogens with one attached hydrogen (secondary N) is 2. The van der Waals surface area contributed by atoms with Crippen LogP contribution in [0.1, 0.15) is 46.0 Å². The molecular weight excluding hydrogens is 258 g/mol. The summed E-state index contributed by atoms with van der Waals surface area (Å²) in [5.74, 6) is -0.972. The Kier molecular flexibility index (Phi) is 7.36. The number of rotatable bonds is 7. The number of carboxylic acids is 1. The average Bonchev–Trinajstić information content (AvgIpc) is 2.40. The first-order valence-electron chi connectivity index (χ1n) is 7.59. The van der Waals surface area contributed by atoms with Gasteiger partial charge in [-0.05, 0) is 32.2 Å². The molecule has 0 radical (unpaired) electrons. The fourth-order valence-corrected chi connectivity index (χ4v) is 2.55. The van der Waals surface area contributed by atoms with Crippen LogP contribution in [0.5, 0.6) is 0 Å². The Labute approximate surface area is 120 Å². The maximum atomic E-state index is 11.8. The molecule has 0 aromatic rings. The summed E-state index contributed by atoms with van der Waals surface area (Å²) in [4.78, 5) is 25.2. The second kappa shape index (κ2) is 8.79. The Balaban J connectivity index is 2.30. The molecule has 1 heterocycles. The van der Waals surface area contributed by atoms with Crippen molar-refractivity contribution in [1.82, 2.24) is 15.5 Å². The second-order valence-electron chi connectivity index (χ2n) is 5.41. The molecule has 1 aliphatic heterocycles. The van der Waals surface area contributed by atoms with Crippen molar-refractivity contribution in [1.29, 1.82) is 0 Å². The molecule has 0 unspecified atom stereocenters. The van der Waals surface area contributed by atoms with Gasteiger partial charge in [0.1, 0.15) is 6.04 Å². The van der Waals surface area contributed by atoms with Gasteiger partial charge in [0.15, 0.2) is 0 Å². The maximum Gasteiger partial charge on any atom is 0.326 e. The van der Waals surface area contributed by atoms with Crippen LogP contribution >= 0.6 is 0 Å². The summed E-state index contributed by atoms with van der Waals surface area (Å²) >= 11 is 0. The third-order valence-electron chi connectivity index (χ3n) is 3.64. The second-order valence-corrected chi connectivity index (χ2v) is 5.41. The van der Waals surface area contributed by atoms with Gasteiger partial charge < -0.3 is 20.6 Å². The lowest BCUT2D eigenvalue weighted by molar-refractivity contribution is -0.139. The highest BCUT2D eigenvalue weighted by atomic mass is 16.4. The first kappa shape index (κ1) is 16.8. The van der Waals surface area contributed by atoms with Crippen molar-refractivity contribution in [3.63, 3.8) is 0 Å². The molecule has 0 aromatic carbocycles. The third kappa shape index (κ3) is 5.77. The highest BCUT2D eigenvalue weighted by Crippen LogP contribution is 2.10. The summed E-state index contributed by atoms with van der Waals surface area (Å²) in [6.07, 6.45) is 4.19. The number of piperidine rings is 1. The molecule has 1 fully saturated rings. The van der Waals surface area contributed by atoms with Gasteiger partial charge in [0.2, 0.25) is 0 Å². The summed E-state index contributed by atoms with van der Waals surface area (Å²) < 4.78 is 0. The molecule has 0 saturated carbocycles. The zero-order valence-corrected chi connectivity index (χ0v) is 12.5. The number of hydrogen-bond donors (Lipinski definition) is 3. The van der Waals surface area contributed by atoms with Gasteiger partial charge in [-0.25, -0.2) is 9.59 Å². The fraction of sp³-hybridized carbons (Fsp3) is 0.857. The maximum absolute atomic E-state index is 11.8. The van der Waals surface area contributed by atoms with E-state index >= 15 is 0 Å². The van der Waals surface area contributed by atoms with Crippen LogP contribution in [0.3, 0.4) is 0 Å². The molecule has 3 N–H and O–H groups in total. The predicted molar refractivity (Wildman–Crippen MR) is 77.8 cm³/mol. The van der Waals surface area contributed by atoms with E-state index in [9.17, 15) is 9.59 Å². The van der Waals surface area contributed by atoms with Gasteiger partial charge >= 0.3 is 12.0 Å². The molecule has 20 heavy (non-hydrogen) atoms. The van der Waals surface area contributed by atoms with Gasteiger partial charge in [-0.1, -0.05) is 20.3 Å². The van der Waals surface area contributed by atoms with Crippen LogP contribution in [0.2, 0.25) is 0 Å². The van der Waals surface area contributed by atoms with Gasteiger partial charge in [-0.3, -0.25) is 0 Å². The molecule has 6 nitrogen and oxygen atoms in total. The summed E-state index contributed by atoms with van der Waals surface area (Å²) in [5.41, 5.74) is 0. The molecule has 1 atom stereocenters. The SMILES string of the molecule is CCC[C@@H](NC(=O)NC1CCN(CCC)CC1)C(=O)O. The van der Waals surface area contributed by atoms with Crippen molar-refractivity contribution in [3.05, 3.63) is 0 Å². The molecule has 0 aromatic heterocycles. The number of aliphatic carboxylic acids is 1. The van der Waals surface area contributed by atoms with E-state index in [1.54, 1.807) is 0 Å². The van der Waals surface area contributed by atoms with E-state index in [4.69, 9.17) is 5.11 Å². The van der Waals surface area contributed by atoms with E-state index < -0.39 is 12.0 Å². The van der Waals surface area contributed by atoms with Crippen molar-refractivity contribution < 1.29 is 14.7 Å². The molecule has 1 aliphatic rings. The Morgan fingerprint density at radius 3 is 2.40 bits per heavy atom. The van der Waals surface area contributed by atoms with Gasteiger partial charge in [-0.2, -0.15) is 0 Å². The highest BCUT2D eigenvalue weighted by Gasteiger charge is 2.23. The molecular formula is C14H27N3O3. The number of nitrogens with zero attached hydrogens (tertiary/aromatic N) is 1. The van der Waals surface area contributed by atoms with Crippen molar-refractivity contribution in [2.24, 2.45) is 0 Å². The predicted octanol–water partition coefficient (Wildman–Crippen LogP) is 1.41. The van der Waals surface area contributed by atoms with E-state index in [1.165, 1.54) is 0 Å². The third-order valence-corrected chi connectivity index (χ3v) is 3.64. The van der Waals surface area contributed by atoms with Crippen molar-refractivity contribution >= 4 is 12.0 Å². The minimum Gasteiger partial charge on any atom is -0.480 e. The van der Waals surface area contributed by atoms with E-state index in [2.05, 4.69) is 22.5 Å². The number of likely N-dealkylation sites (tertiary alicyclic amines) is 1. The minimum atomic E-state index is -0.972. The van der Waals surface area contributed by atoms with Gasteiger partial charge in [-0.15, -0.1) is 0 Å². The van der Waals surface area contributed by atoms with Gasteiger partial charge in [0, 0.05) is 19.1 Å². The van der Waals surface area contributed by atoms with Crippen LogP contribution in [0.4, 0.5) is 4.79 Å². The zero-order chi connectivity index (χ0) is 15.0. The largest absolute Gasteiger partial charge is 0.480 e. The summed E-state index contributed by atoms with van der Waals surface area (Å²) in [6, 6.07) is -1.00. The molecule has 0 aliphatic carbocycles. The number of carbonyl (C=O) groups is 2. The fourth-order valence-electron chi connectivity index (χ4n) is 2.55. The van der Waals surface area contributed by atoms with Crippen molar-refractivity contribution in [3.8, 4) is 0 Å². The number of carbonyl (C=O) groups excluding carboxylic acids is 1. The number of carboxylic acid groups (broad SMARTS) is 1. The number of urea groups is 1. The quantitative estimate of drug-likeness (QED) is 0.660. The van der Waals surface area contributed by atoms with Crippen LogP contribution < -0.4 is 10.6 Å². The summed E-state index contributed by atoms with van der Waals surface area (Å²) in [6.45, 7) is 7.17. The Morgan fingerprint density at radius 1 is 1.25 bits per heavy atom. The lowest BCUT2D eigenvalue weighted by atomic mass is 10.1. The summed E-state index contributed by atoms with van der Waals surface area (Å²) in [7, 11) is 0. The number of amides is 2. The summed E-state index contributed by atoms with van der Waals surface area (Å²) in [5, 5.41) is 14.4. The zero-order valence-electron chi connectivity index (χ0n) is 12.5. The van der Waals surface area contributed by atoms with Crippen molar-refractivity contribution in [2.45, 2.75) is 58.0 Å². The molecule has 6 heteroatoms. The molecule has 1 rings (SSSR count). The van der Waals surface area contributed by atoms with Crippen LogP contribution in [-0.4, -0.2) is 53.7 Å². The van der Waals surface area contributed by atoms with Crippen LogP contribution in [0.15, 0.2) is 0 Å². The lowest BCUT2D eigenvalue weighted by Crippen LogP contribution is -2.51. The average molecular weight is 285 g/mol. The van der Waals surface area contributed by atoms with Gasteiger partial charge in [0.25, 0.3) is 0 Å². The monoisotopic (exact) mass is 285 g/mol. The van der Waals surface area contributed by atoms with Crippen LogP contribution in [0, 0.1) is 0 Å². The Hall–Kier alpha value is -1.30. The molecule has 0 bridgehead atoms. The number of hydrogen-bond acceptors (Lipinski definition) is 3. The van der Waals surface area contributed by atoms with E-state index in [0.29, 0.717) is 6.42 Å². The van der Waals surface area contributed by atoms with Gasteiger partial charge in [0.05, 0.1) is 0 Å². The smallest absolute Gasteiger partial charge is 0.326 e. The minimum absolute atomic E-state index is 0.152. The topological polar surface area (TPSA) is 81.7 Å². The Bertz CT molecular complexity index is 315. The van der Waals surface area contributed by atoms with E-state index in [-0.39, 0.29) is 12.1 Å². The van der Waals surface area contributed by atoms with Crippen LogP contribution in [-0.2, 0) is 4.79 Å². The van der Waals surface area contributed by atoms with E-state index in [1.807, 2.05) is 6.92 Å². The Morgan fingerprint density at radius 2 is 1.90 bits per heavy atom. The molecule has 1 saturated heterocycles. The highest BCUT2D eigenvalue weighted by molar-refractivity contribution is 5.82. The van der Waals surface area contributed by atoms with Crippen molar-refractivity contribution in [2.75, 3.05) is 19.6 Å². The first-order chi connectivity index (χ1) is 9.56. The van der Waals surface area contributed by atoms with E-state index in [0.717, 1.165) is 45.3 Å². The first-order valence-corrected chi connectivity index (χ1v) is 7.59. The molecule has 0 spiro atoms. The lowest BCUT2D eigenvalue weighted by Gasteiger charge is -2.32. The molecule has 2 amide bonds. The van der Waals surface area contributed by atoms with Crippen LogP contribution in [0.25, 0.3) is 0 Å².